The van der Waals surface area contributed by atoms with E-state index in [2.05, 4.69) is 11.8 Å². The maximum absolute atomic E-state index is 5.31. The van der Waals surface area contributed by atoms with Crippen molar-refractivity contribution >= 4 is 0 Å². The van der Waals surface area contributed by atoms with Gasteiger partial charge >= 0.3 is 0 Å². The Hall–Kier alpha value is -1.50. The molecule has 3 nitrogen and oxygen atoms in total. The van der Waals surface area contributed by atoms with Gasteiger partial charge in [0, 0.05) is 18.2 Å². The topological polar surface area (TPSA) is 44.5 Å². The van der Waals surface area contributed by atoms with Crippen LogP contribution in [0, 0.1) is 11.8 Å². The third kappa shape index (κ3) is 3.28. The van der Waals surface area contributed by atoms with Crippen LogP contribution in [0.4, 0.5) is 0 Å². The van der Waals surface area contributed by atoms with Crippen LogP contribution in [0.15, 0.2) is 18.2 Å². The van der Waals surface area contributed by atoms with Gasteiger partial charge in [0.25, 0.3) is 0 Å². The summed E-state index contributed by atoms with van der Waals surface area (Å²) < 4.78 is 10.3. The van der Waals surface area contributed by atoms with Crippen molar-refractivity contribution in [3.8, 4) is 17.6 Å². The number of hydrogen-bond donors (Lipinski definition) is 1. The maximum atomic E-state index is 5.31. The zero-order valence-electron chi connectivity index (χ0n) is 9.04. The van der Waals surface area contributed by atoms with E-state index in [1.54, 1.807) is 14.2 Å². The fourth-order valence-electron chi connectivity index (χ4n) is 1.28. The zero-order chi connectivity index (χ0) is 11.1. The Morgan fingerprint density at radius 1 is 1.33 bits per heavy atom. The van der Waals surface area contributed by atoms with E-state index in [1.807, 2.05) is 18.2 Å². The fraction of sp³-hybridized carbons (Fsp3) is 0.333. The summed E-state index contributed by atoms with van der Waals surface area (Å²) in [6, 6.07) is 5.74. The van der Waals surface area contributed by atoms with E-state index >= 15 is 0 Å². The highest BCUT2D eigenvalue weighted by atomic mass is 16.5. The maximum Gasteiger partial charge on any atom is 0.124 e. The van der Waals surface area contributed by atoms with Crippen LogP contribution in [0.1, 0.15) is 11.1 Å². The van der Waals surface area contributed by atoms with Crippen LogP contribution in [0.2, 0.25) is 0 Å². The second-order valence-electron chi connectivity index (χ2n) is 2.97. The molecular formula is C12H15NO2. The molecular weight excluding hydrogens is 190 g/mol. The second-order valence-corrected chi connectivity index (χ2v) is 2.97. The van der Waals surface area contributed by atoms with Crippen LogP contribution in [-0.2, 0) is 11.3 Å². The quantitative estimate of drug-likeness (QED) is 0.753. The smallest absolute Gasteiger partial charge is 0.124 e. The van der Waals surface area contributed by atoms with Crippen molar-refractivity contribution in [2.45, 2.75) is 6.61 Å². The van der Waals surface area contributed by atoms with Gasteiger partial charge in [-0.25, -0.2) is 0 Å². The first-order chi connectivity index (χ1) is 7.31. The molecule has 0 bridgehead atoms. The Labute approximate surface area is 90.2 Å². The summed E-state index contributed by atoms with van der Waals surface area (Å²) in [5.41, 5.74) is 7.22. The van der Waals surface area contributed by atoms with E-state index < -0.39 is 0 Å². The molecule has 0 spiro atoms. The van der Waals surface area contributed by atoms with E-state index in [1.165, 1.54) is 0 Å². The molecule has 0 heterocycles. The summed E-state index contributed by atoms with van der Waals surface area (Å²) in [4.78, 5) is 0. The van der Waals surface area contributed by atoms with Gasteiger partial charge in [0.1, 0.15) is 5.75 Å². The van der Waals surface area contributed by atoms with Gasteiger partial charge in [-0.2, -0.15) is 0 Å². The SMILES string of the molecule is COCc1cc(C#CCN)ccc1OC. The summed E-state index contributed by atoms with van der Waals surface area (Å²) in [7, 11) is 3.29. The summed E-state index contributed by atoms with van der Waals surface area (Å²) in [5, 5.41) is 0. The van der Waals surface area contributed by atoms with Gasteiger partial charge in [0.15, 0.2) is 0 Å². The Kier molecular flexibility index (Phi) is 4.69. The second kappa shape index (κ2) is 6.07. The van der Waals surface area contributed by atoms with Crippen LogP contribution in [-0.4, -0.2) is 20.8 Å². The average Bonchev–Trinajstić information content (AvgIpc) is 2.27. The molecule has 0 amide bonds. The Morgan fingerprint density at radius 3 is 2.73 bits per heavy atom. The highest BCUT2D eigenvalue weighted by molar-refractivity contribution is 5.44. The number of hydrogen-bond acceptors (Lipinski definition) is 3. The van der Waals surface area contributed by atoms with Gasteiger partial charge < -0.3 is 15.2 Å². The lowest BCUT2D eigenvalue weighted by atomic mass is 10.1. The molecule has 0 aliphatic carbocycles. The first kappa shape index (κ1) is 11.6. The average molecular weight is 205 g/mol. The van der Waals surface area contributed by atoms with Crippen molar-refractivity contribution in [1.29, 1.82) is 0 Å². The number of rotatable bonds is 3. The van der Waals surface area contributed by atoms with E-state index in [9.17, 15) is 0 Å². The third-order valence-electron chi connectivity index (χ3n) is 1.92. The number of benzene rings is 1. The van der Waals surface area contributed by atoms with Gasteiger partial charge in [-0.15, -0.1) is 0 Å². The first-order valence-corrected chi connectivity index (χ1v) is 4.66. The molecule has 1 aromatic carbocycles. The van der Waals surface area contributed by atoms with Crippen molar-refractivity contribution in [2.75, 3.05) is 20.8 Å². The van der Waals surface area contributed by atoms with Crippen molar-refractivity contribution in [1.82, 2.24) is 0 Å². The molecule has 1 aromatic rings. The summed E-state index contributed by atoms with van der Waals surface area (Å²) in [6.07, 6.45) is 0. The van der Waals surface area contributed by atoms with E-state index in [4.69, 9.17) is 15.2 Å². The predicted molar refractivity (Wildman–Crippen MR) is 59.6 cm³/mol. The summed E-state index contributed by atoms with van der Waals surface area (Å²) >= 11 is 0. The molecule has 0 atom stereocenters. The Bertz CT molecular complexity index is 377. The van der Waals surface area contributed by atoms with Gasteiger partial charge in [-0.3, -0.25) is 0 Å². The molecule has 0 aliphatic rings. The standard InChI is InChI=1S/C12H15NO2/c1-14-9-11-8-10(4-3-7-13)5-6-12(11)15-2/h5-6,8H,7,9,13H2,1-2H3. The lowest BCUT2D eigenvalue weighted by molar-refractivity contribution is 0.181. The largest absolute Gasteiger partial charge is 0.496 e. The molecule has 0 saturated heterocycles. The molecule has 0 aliphatic heterocycles. The van der Waals surface area contributed by atoms with Crippen molar-refractivity contribution in [3.05, 3.63) is 29.3 Å². The lowest BCUT2D eigenvalue weighted by Crippen LogP contribution is -1.95. The molecule has 15 heavy (non-hydrogen) atoms. The lowest BCUT2D eigenvalue weighted by Gasteiger charge is -2.07. The fourth-order valence-corrected chi connectivity index (χ4v) is 1.28. The van der Waals surface area contributed by atoms with E-state index in [0.29, 0.717) is 13.2 Å². The Balaban J connectivity index is 2.98. The molecule has 2 N–H and O–H groups in total. The van der Waals surface area contributed by atoms with Crippen LogP contribution in [0.25, 0.3) is 0 Å². The monoisotopic (exact) mass is 205 g/mol. The van der Waals surface area contributed by atoms with Crippen molar-refractivity contribution < 1.29 is 9.47 Å². The van der Waals surface area contributed by atoms with Crippen molar-refractivity contribution in [3.63, 3.8) is 0 Å². The van der Waals surface area contributed by atoms with Gasteiger partial charge in [0.2, 0.25) is 0 Å². The number of methoxy groups -OCH3 is 2. The van der Waals surface area contributed by atoms with E-state index in [0.717, 1.165) is 16.9 Å². The highest BCUT2D eigenvalue weighted by Gasteiger charge is 2.02. The first-order valence-electron chi connectivity index (χ1n) is 4.66. The molecule has 0 aromatic heterocycles. The summed E-state index contributed by atoms with van der Waals surface area (Å²) in [5.74, 6) is 6.59. The van der Waals surface area contributed by atoms with E-state index in [-0.39, 0.29) is 0 Å². The van der Waals surface area contributed by atoms with Gasteiger partial charge in [-0.05, 0) is 18.2 Å². The normalized spacial score (nSPS) is 9.27. The van der Waals surface area contributed by atoms with Crippen molar-refractivity contribution in [2.24, 2.45) is 5.73 Å². The van der Waals surface area contributed by atoms with Crippen LogP contribution < -0.4 is 10.5 Å². The van der Waals surface area contributed by atoms with Crippen LogP contribution in [0.5, 0.6) is 5.75 Å². The summed E-state index contributed by atoms with van der Waals surface area (Å²) in [6.45, 7) is 0.882. The third-order valence-corrected chi connectivity index (χ3v) is 1.92. The van der Waals surface area contributed by atoms with Crippen LogP contribution in [0.3, 0.4) is 0 Å². The number of nitrogens with two attached hydrogens (primary N) is 1. The zero-order valence-corrected chi connectivity index (χ0v) is 9.04. The highest BCUT2D eigenvalue weighted by Crippen LogP contribution is 2.20. The van der Waals surface area contributed by atoms with Gasteiger partial charge in [-0.1, -0.05) is 11.8 Å². The minimum absolute atomic E-state index is 0.367. The van der Waals surface area contributed by atoms with Gasteiger partial charge in [0.05, 0.1) is 20.3 Å². The molecule has 0 fully saturated rings. The Morgan fingerprint density at radius 2 is 2.13 bits per heavy atom. The molecule has 3 heteroatoms. The molecule has 80 valence electrons. The minimum atomic E-state index is 0.367. The predicted octanol–water partition coefficient (Wildman–Crippen LogP) is 1.15. The molecule has 0 radical (unpaired) electrons. The molecule has 0 unspecified atom stereocenters. The van der Waals surface area contributed by atoms with Crippen LogP contribution >= 0.6 is 0 Å². The molecule has 0 saturated carbocycles. The minimum Gasteiger partial charge on any atom is -0.496 e. The number of ether oxygens (including phenoxy) is 2. The molecule has 1 rings (SSSR count).